The van der Waals surface area contributed by atoms with Crippen LogP contribution < -0.4 is 15.6 Å². The third-order valence-electron chi connectivity index (χ3n) is 3.29. The van der Waals surface area contributed by atoms with Gasteiger partial charge in [-0.2, -0.15) is 0 Å². The zero-order valence-electron chi connectivity index (χ0n) is 13.4. The summed E-state index contributed by atoms with van der Waals surface area (Å²) < 4.78 is 10.3. The average molecular weight is 330 g/mol. The number of rotatable bonds is 6. The monoisotopic (exact) mass is 330 g/mol. The predicted molar refractivity (Wildman–Crippen MR) is 85.6 cm³/mol. The van der Waals surface area contributed by atoms with Crippen molar-refractivity contribution < 1.29 is 23.5 Å². The number of furan rings is 1. The summed E-state index contributed by atoms with van der Waals surface area (Å²) in [6.45, 7) is 3.16. The summed E-state index contributed by atoms with van der Waals surface area (Å²) in [5, 5.41) is 0. The minimum absolute atomic E-state index is 0.0385. The Morgan fingerprint density at radius 1 is 1.08 bits per heavy atom. The maximum absolute atomic E-state index is 11.8. The van der Waals surface area contributed by atoms with Crippen LogP contribution in [-0.2, 0) is 4.79 Å². The van der Waals surface area contributed by atoms with Crippen molar-refractivity contribution >= 4 is 17.6 Å². The molecule has 0 fully saturated rings. The number of amides is 2. The topological polar surface area (TPSA) is 97.6 Å². The predicted octanol–water partition coefficient (Wildman–Crippen LogP) is 2.02. The van der Waals surface area contributed by atoms with Gasteiger partial charge in [0.1, 0.15) is 11.5 Å². The van der Waals surface area contributed by atoms with Gasteiger partial charge >= 0.3 is 0 Å². The van der Waals surface area contributed by atoms with Crippen molar-refractivity contribution in [1.82, 2.24) is 10.9 Å². The van der Waals surface area contributed by atoms with Gasteiger partial charge in [-0.3, -0.25) is 25.2 Å². The molecule has 0 aliphatic heterocycles. The van der Waals surface area contributed by atoms with Crippen molar-refractivity contribution in [3.05, 3.63) is 53.5 Å². The van der Waals surface area contributed by atoms with Gasteiger partial charge in [-0.15, -0.1) is 0 Å². The van der Waals surface area contributed by atoms with Crippen molar-refractivity contribution in [3.63, 3.8) is 0 Å². The summed E-state index contributed by atoms with van der Waals surface area (Å²) in [7, 11) is 0. The van der Waals surface area contributed by atoms with Crippen LogP contribution in [-0.4, -0.2) is 24.2 Å². The Morgan fingerprint density at radius 2 is 1.79 bits per heavy atom. The first-order chi connectivity index (χ1) is 11.5. The van der Waals surface area contributed by atoms with E-state index in [1.807, 2.05) is 0 Å². The first kappa shape index (κ1) is 17.3. The smallest absolute Gasteiger partial charge is 0.276 e. The molecular formula is C17H18N2O5. The number of carbonyl (C=O) groups excluding carboxylic acids is 3. The van der Waals surface area contributed by atoms with Crippen molar-refractivity contribution in [2.45, 2.75) is 20.3 Å². The molecule has 0 spiro atoms. The second-order valence-electron chi connectivity index (χ2n) is 4.98. The molecule has 0 atom stereocenters. The summed E-state index contributed by atoms with van der Waals surface area (Å²) in [5.74, 6) is -0.0405. The first-order valence-corrected chi connectivity index (χ1v) is 7.40. The number of aryl methyl sites for hydroxylation is 1. The molecule has 2 amide bonds. The highest BCUT2D eigenvalue weighted by molar-refractivity contribution is 5.96. The van der Waals surface area contributed by atoms with E-state index in [2.05, 4.69) is 10.9 Å². The zero-order valence-corrected chi connectivity index (χ0v) is 13.4. The molecule has 0 saturated heterocycles. The van der Waals surface area contributed by atoms with E-state index in [1.165, 1.54) is 12.3 Å². The Balaban J connectivity index is 1.78. The first-order valence-electron chi connectivity index (χ1n) is 7.40. The molecule has 2 aromatic rings. The highest BCUT2D eigenvalue weighted by Crippen LogP contribution is 2.13. The molecule has 0 aliphatic carbocycles. The molecule has 126 valence electrons. The molecule has 7 heteroatoms. The molecule has 7 nitrogen and oxygen atoms in total. The quantitative estimate of drug-likeness (QED) is 0.624. The number of ketones is 1. The fourth-order valence-electron chi connectivity index (χ4n) is 1.94. The van der Waals surface area contributed by atoms with E-state index in [-0.39, 0.29) is 12.4 Å². The minimum atomic E-state index is -0.516. The van der Waals surface area contributed by atoms with Crippen LogP contribution in [0.25, 0.3) is 0 Å². The standard InChI is InChI=1S/C17H18N2O5/c1-3-15(20)12-4-6-13(7-5-12)24-10-16(21)18-19-17(22)14-8-9-23-11(14)2/h4-9H,3,10H2,1-2H3,(H,18,21)(H,19,22). The van der Waals surface area contributed by atoms with Crippen LogP contribution in [0.4, 0.5) is 0 Å². The van der Waals surface area contributed by atoms with Crippen LogP contribution in [0.5, 0.6) is 5.75 Å². The third-order valence-corrected chi connectivity index (χ3v) is 3.29. The van der Waals surface area contributed by atoms with E-state index in [4.69, 9.17) is 9.15 Å². The van der Waals surface area contributed by atoms with Crippen LogP contribution in [0.1, 0.15) is 39.8 Å². The van der Waals surface area contributed by atoms with Gasteiger partial charge in [0.25, 0.3) is 11.8 Å². The van der Waals surface area contributed by atoms with Gasteiger partial charge in [-0.05, 0) is 37.3 Å². The van der Waals surface area contributed by atoms with E-state index >= 15 is 0 Å². The van der Waals surface area contributed by atoms with E-state index in [0.29, 0.717) is 29.1 Å². The molecule has 0 bridgehead atoms. The molecule has 2 N–H and O–H groups in total. The highest BCUT2D eigenvalue weighted by atomic mass is 16.5. The lowest BCUT2D eigenvalue weighted by Gasteiger charge is -2.09. The van der Waals surface area contributed by atoms with Crippen molar-refractivity contribution in [2.24, 2.45) is 0 Å². The van der Waals surface area contributed by atoms with E-state index in [9.17, 15) is 14.4 Å². The summed E-state index contributed by atoms with van der Waals surface area (Å²) in [6.07, 6.45) is 1.82. The van der Waals surface area contributed by atoms with E-state index < -0.39 is 11.8 Å². The Labute approximate surface area is 139 Å². The molecule has 0 unspecified atom stereocenters. The summed E-state index contributed by atoms with van der Waals surface area (Å²) in [6, 6.07) is 8.02. The van der Waals surface area contributed by atoms with E-state index in [1.54, 1.807) is 38.1 Å². The Hall–Kier alpha value is -3.09. The van der Waals surface area contributed by atoms with Gasteiger partial charge in [0, 0.05) is 12.0 Å². The molecule has 0 saturated carbocycles. The maximum Gasteiger partial charge on any atom is 0.276 e. The Bertz CT molecular complexity index is 734. The maximum atomic E-state index is 11.8. The summed E-state index contributed by atoms with van der Waals surface area (Å²) in [5.41, 5.74) is 5.45. The van der Waals surface area contributed by atoms with Gasteiger partial charge in [0.15, 0.2) is 12.4 Å². The number of ether oxygens (including phenoxy) is 1. The second-order valence-corrected chi connectivity index (χ2v) is 4.98. The lowest BCUT2D eigenvalue weighted by Crippen LogP contribution is -2.43. The van der Waals surface area contributed by atoms with Crippen molar-refractivity contribution in [3.8, 4) is 5.75 Å². The fourth-order valence-corrected chi connectivity index (χ4v) is 1.94. The summed E-state index contributed by atoms with van der Waals surface area (Å²) >= 11 is 0. The molecule has 0 radical (unpaired) electrons. The molecule has 1 heterocycles. The van der Waals surface area contributed by atoms with Crippen LogP contribution in [0, 0.1) is 6.92 Å². The summed E-state index contributed by atoms with van der Waals surface area (Å²) in [4.78, 5) is 35.0. The average Bonchev–Trinajstić information content (AvgIpc) is 3.03. The lowest BCUT2D eigenvalue weighted by atomic mass is 10.1. The minimum Gasteiger partial charge on any atom is -0.484 e. The molecular weight excluding hydrogens is 312 g/mol. The molecule has 0 aliphatic rings. The number of hydrogen-bond donors (Lipinski definition) is 2. The number of Topliss-reactive ketones (excluding diaryl/α,β-unsaturated/α-hetero) is 1. The van der Waals surface area contributed by atoms with Gasteiger partial charge in [-0.25, -0.2) is 0 Å². The van der Waals surface area contributed by atoms with Crippen molar-refractivity contribution in [1.29, 1.82) is 0 Å². The fraction of sp³-hybridized carbons (Fsp3) is 0.235. The normalized spacial score (nSPS) is 10.1. The molecule has 1 aromatic heterocycles. The van der Waals surface area contributed by atoms with Gasteiger partial charge in [0.05, 0.1) is 11.8 Å². The largest absolute Gasteiger partial charge is 0.484 e. The lowest BCUT2D eigenvalue weighted by molar-refractivity contribution is -0.123. The van der Waals surface area contributed by atoms with Gasteiger partial charge in [-0.1, -0.05) is 6.92 Å². The van der Waals surface area contributed by atoms with Crippen LogP contribution in [0.3, 0.4) is 0 Å². The van der Waals surface area contributed by atoms with Crippen molar-refractivity contribution in [2.75, 3.05) is 6.61 Å². The van der Waals surface area contributed by atoms with Crippen LogP contribution in [0.15, 0.2) is 41.0 Å². The van der Waals surface area contributed by atoms with Crippen LogP contribution in [0.2, 0.25) is 0 Å². The number of nitrogens with one attached hydrogen (secondary N) is 2. The molecule has 1 aromatic carbocycles. The Kier molecular flexibility index (Phi) is 5.73. The van der Waals surface area contributed by atoms with E-state index in [0.717, 1.165) is 0 Å². The number of carbonyl (C=O) groups is 3. The van der Waals surface area contributed by atoms with Gasteiger partial charge < -0.3 is 9.15 Å². The second kappa shape index (κ2) is 7.96. The zero-order chi connectivity index (χ0) is 17.5. The number of benzene rings is 1. The van der Waals surface area contributed by atoms with Crippen LogP contribution >= 0.6 is 0 Å². The van der Waals surface area contributed by atoms with Gasteiger partial charge in [0.2, 0.25) is 0 Å². The Morgan fingerprint density at radius 3 is 2.38 bits per heavy atom. The SMILES string of the molecule is CCC(=O)c1ccc(OCC(=O)NNC(=O)c2ccoc2C)cc1. The number of hydrazine groups is 1. The third kappa shape index (κ3) is 4.45. The highest BCUT2D eigenvalue weighted by Gasteiger charge is 2.12. The number of hydrogen-bond acceptors (Lipinski definition) is 5. The molecule has 24 heavy (non-hydrogen) atoms. The molecule has 2 rings (SSSR count).